The second-order valence-corrected chi connectivity index (χ2v) is 7.22. The van der Waals surface area contributed by atoms with E-state index in [1.807, 2.05) is 0 Å². The van der Waals surface area contributed by atoms with Crippen molar-refractivity contribution < 1.29 is 31.8 Å². The van der Waals surface area contributed by atoms with Gasteiger partial charge in [0.2, 0.25) is 0 Å². The van der Waals surface area contributed by atoms with E-state index in [2.05, 4.69) is 14.7 Å². The van der Waals surface area contributed by atoms with Gasteiger partial charge in [-0.15, -0.1) is 0 Å². The lowest BCUT2D eigenvalue weighted by Crippen LogP contribution is -2.14. The number of alkyl halides is 4. The molecule has 0 N–H and O–H groups in total. The van der Waals surface area contributed by atoms with Crippen LogP contribution in [0.15, 0.2) is 36.7 Å². The quantitative estimate of drug-likeness (QED) is 0.400. The molecule has 0 unspecified atom stereocenters. The number of nitrogens with zero attached hydrogens (tertiary/aromatic N) is 3. The summed E-state index contributed by atoms with van der Waals surface area (Å²) >= 11 is 0. The Hall–Kier alpha value is -3.01. The first-order chi connectivity index (χ1) is 14.9. The second-order valence-electron chi connectivity index (χ2n) is 7.22. The number of pyridine rings is 2. The summed E-state index contributed by atoms with van der Waals surface area (Å²) in [6.45, 7) is -1.87. The predicted octanol–water partition coefficient (Wildman–Crippen LogP) is 4.59. The minimum atomic E-state index is -3.07. The normalized spacial score (nSPS) is 15.2. The molecule has 3 aromatic rings. The molecule has 0 aromatic carbocycles. The van der Waals surface area contributed by atoms with E-state index in [9.17, 15) is 22.4 Å². The highest BCUT2D eigenvalue weighted by Crippen LogP contribution is 2.30. The molecule has 0 amide bonds. The van der Waals surface area contributed by atoms with E-state index in [0.717, 1.165) is 24.6 Å². The Morgan fingerprint density at radius 3 is 2.65 bits per heavy atom. The topological polar surface area (TPSA) is 65.7 Å². The molecule has 0 bridgehead atoms. The summed E-state index contributed by atoms with van der Waals surface area (Å²) in [7, 11) is 0. The van der Waals surface area contributed by atoms with Crippen molar-refractivity contribution in [3.63, 3.8) is 0 Å². The van der Waals surface area contributed by atoms with Gasteiger partial charge in [-0.25, -0.2) is 18.7 Å². The SMILES string of the molecule is O=C(Cc1cc(OC(F)F)c2nc(C3CCOCC3)cn2c1)c1cccc(C(F)F)n1. The predicted molar refractivity (Wildman–Crippen MR) is 102 cm³/mol. The van der Waals surface area contributed by atoms with Gasteiger partial charge in [0, 0.05) is 37.9 Å². The summed E-state index contributed by atoms with van der Waals surface area (Å²) in [5.41, 5.74) is 0.697. The first-order valence-corrected chi connectivity index (χ1v) is 9.73. The van der Waals surface area contributed by atoms with Crippen LogP contribution in [0.1, 0.15) is 52.6 Å². The first kappa shape index (κ1) is 21.2. The van der Waals surface area contributed by atoms with E-state index in [1.165, 1.54) is 18.2 Å². The van der Waals surface area contributed by atoms with Gasteiger partial charge in [-0.1, -0.05) is 6.07 Å². The largest absolute Gasteiger partial charge is 0.431 e. The average molecular weight is 437 g/mol. The molecule has 6 nitrogen and oxygen atoms in total. The van der Waals surface area contributed by atoms with Crippen LogP contribution in [-0.2, 0) is 11.2 Å². The van der Waals surface area contributed by atoms with Gasteiger partial charge in [-0.3, -0.25) is 4.79 Å². The van der Waals surface area contributed by atoms with Crippen LogP contribution in [0.5, 0.6) is 5.75 Å². The molecule has 164 valence electrons. The van der Waals surface area contributed by atoms with E-state index in [1.54, 1.807) is 16.8 Å². The molecular weight excluding hydrogens is 418 g/mol. The van der Waals surface area contributed by atoms with Crippen LogP contribution in [0.4, 0.5) is 17.6 Å². The molecule has 1 aliphatic rings. The number of rotatable bonds is 7. The summed E-state index contributed by atoms with van der Waals surface area (Å²) in [5.74, 6) is -0.540. The fraction of sp³-hybridized carbons (Fsp3) is 0.381. The van der Waals surface area contributed by atoms with Gasteiger partial charge in [0.25, 0.3) is 6.43 Å². The highest BCUT2D eigenvalue weighted by Gasteiger charge is 2.22. The minimum Gasteiger partial charge on any atom is -0.431 e. The number of carbonyl (C=O) groups excluding carboxylic acids is 1. The third-order valence-corrected chi connectivity index (χ3v) is 5.09. The number of aromatic nitrogens is 3. The van der Waals surface area contributed by atoms with Gasteiger partial charge in [0.05, 0.1) is 5.69 Å². The Balaban J connectivity index is 1.65. The Labute approximate surface area is 174 Å². The van der Waals surface area contributed by atoms with Gasteiger partial charge in [0.1, 0.15) is 11.4 Å². The number of fused-ring (bicyclic) bond motifs is 1. The number of Topliss-reactive ketones (excluding diaryl/α,β-unsaturated/α-hetero) is 1. The van der Waals surface area contributed by atoms with E-state index in [4.69, 9.17) is 4.74 Å². The molecule has 10 heteroatoms. The minimum absolute atomic E-state index is 0.122. The molecule has 1 saturated heterocycles. The molecule has 0 aliphatic carbocycles. The van der Waals surface area contributed by atoms with E-state index < -0.39 is 24.5 Å². The van der Waals surface area contributed by atoms with E-state index in [-0.39, 0.29) is 29.4 Å². The summed E-state index contributed by atoms with van der Waals surface area (Å²) in [4.78, 5) is 20.7. The zero-order valence-corrected chi connectivity index (χ0v) is 16.3. The fourth-order valence-electron chi connectivity index (χ4n) is 3.62. The maximum Gasteiger partial charge on any atom is 0.387 e. The van der Waals surface area contributed by atoms with E-state index in [0.29, 0.717) is 18.8 Å². The monoisotopic (exact) mass is 437 g/mol. The molecule has 31 heavy (non-hydrogen) atoms. The Kier molecular flexibility index (Phi) is 6.17. The fourth-order valence-corrected chi connectivity index (χ4v) is 3.62. The molecular formula is C21H19F4N3O3. The number of ether oxygens (including phenoxy) is 2. The lowest BCUT2D eigenvalue weighted by Gasteiger charge is -2.19. The van der Waals surface area contributed by atoms with Crippen molar-refractivity contribution in [1.82, 2.24) is 14.4 Å². The molecule has 0 radical (unpaired) electrons. The maximum absolute atomic E-state index is 13.0. The van der Waals surface area contributed by atoms with Crippen molar-refractivity contribution in [2.75, 3.05) is 13.2 Å². The lowest BCUT2D eigenvalue weighted by atomic mass is 9.97. The number of halogens is 4. The number of imidazole rings is 1. The van der Waals surface area contributed by atoms with Crippen LogP contribution in [0.25, 0.3) is 5.65 Å². The van der Waals surface area contributed by atoms with Crippen LogP contribution in [0, 0.1) is 0 Å². The molecule has 3 aromatic heterocycles. The van der Waals surface area contributed by atoms with Crippen LogP contribution in [0.3, 0.4) is 0 Å². The smallest absolute Gasteiger partial charge is 0.387 e. The molecule has 0 spiro atoms. The number of ketones is 1. The third kappa shape index (κ3) is 4.84. The average Bonchev–Trinajstić information content (AvgIpc) is 3.18. The highest BCUT2D eigenvalue weighted by molar-refractivity contribution is 5.95. The zero-order valence-electron chi connectivity index (χ0n) is 16.3. The van der Waals surface area contributed by atoms with Crippen molar-refractivity contribution >= 4 is 11.4 Å². The lowest BCUT2D eigenvalue weighted by molar-refractivity contribution is -0.0491. The second kappa shape index (κ2) is 9.01. The number of carbonyl (C=O) groups is 1. The van der Waals surface area contributed by atoms with Crippen LogP contribution < -0.4 is 4.74 Å². The molecule has 1 aliphatic heterocycles. The summed E-state index contributed by atoms with van der Waals surface area (Å²) in [5, 5.41) is 0. The van der Waals surface area contributed by atoms with Crippen molar-refractivity contribution in [2.45, 2.75) is 38.2 Å². The van der Waals surface area contributed by atoms with Crippen LogP contribution >= 0.6 is 0 Å². The maximum atomic E-state index is 13.0. The van der Waals surface area contributed by atoms with Crippen LogP contribution in [0.2, 0.25) is 0 Å². The van der Waals surface area contributed by atoms with Gasteiger partial charge in [-0.05, 0) is 36.6 Å². The number of hydrogen-bond donors (Lipinski definition) is 0. The molecule has 0 atom stereocenters. The zero-order chi connectivity index (χ0) is 22.0. The van der Waals surface area contributed by atoms with Gasteiger partial charge < -0.3 is 13.9 Å². The van der Waals surface area contributed by atoms with Crippen molar-refractivity contribution in [3.8, 4) is 5.75 Å². The van der Waals surface area contributed by atoms with Crippen molar-refractivity contribution in [2.24, 2.45) is 0 Å². The van der Waals surface area contributed by atoms with Gasteiger partial charge in [0.15, 0.2) is 17.2 Å². The standard InChI is InChI=1S/C21H19F4N3O3/c22-19(23)15-3-1-2-14(26-15)17(29)8-12-9-18(31-21(24)25)20-27-16(11-28(20)10-12)13-4-6-30-7-5-13/h1-3,9-11,13,19,21H,4-8H2. The van der Waals surface area contributed by atoms with Crippen molar-refractivity contribution in [1.29, 1.82) is 0 Å². The summed E-state index contributed by atoms with van der Waals surface area (Å²) < 4.78 is 63.2. The summed E-state index contributed by atoms with van der Waals surface area (Å²) in [6.07, 6.45) is 1.84. The highest BCUT2D eigenvalue weighted by atomic mass is 19.3. The Morgan fingerprint density at radius 1 is 1.16 bits per heavy atom. The van der Waals surface area contributed by atoms with Gasteiger partial charge >= 0.3 is 6.61 Å². The molecule has 1 fully saturated rings. The molecule has 4 rings (SSSR count). The Morgan fingerprint density at radius 2 is 1.94 bits per heavy atom. The number of hydrogen-bond acceptors (Lipinski definition) is 5. The summed E-state index contributed by atoms with van der Waals surface area (Å²) in [6, 6.07) is 5.11. The molecule has 4 heterocycles. The Bertz CT molecular complexity index is 1080. The first-order valence-electron chi connectivity index (χ1n) is 9.73. The van der Waals surface area contributed by atoms with Gasteiger partial charge in [-0.2, -0.15) is 8.78 Å². The van der Waals surface area contributed by atoms with Crippen molar-refractivity contribution in [3.05, 3.63) is 59.3 Å². The third-order valence-electron chi connectivity index (χ3n) is 5.09. The molecule has 0 saturated carbocycles. The van der Waals surface area contributed by atoms with E-state index >= 15 is 0 Å². The van der Waals surface area contributed by atoms with Crippen LogP contribution in [-0.4, -0.2) is 40.0 Å².